The Morgan fingerprint density at radius 1 is 1.12 bits per heavy atom. The number of imidazole rings is 1. The third-order valence-corrected chi connectivity index (χ3v) is 4.93. The molecule has 1 saturated heterocycles. The molecule has 1 amide bonds. The van der Waals surface area contributed by atoms with Gasteiger partial charge in [-0.3, -0.25) is 9.20 Å². The average Bonchev–Trinajstić information content (AvgIpc) is 3.12. The fourth-order valence-corrected chi connectivity index (χ4v) is 3.35. The van der Waals surface area contributed by atoms with Crippen LogP contribution in [0.15, 0.2) is 54.9 Å². The Morgan fingerprint density at radius 3 is 2.64 bits per heavy atom. The third kappa shape index (κ3) is 3.22. The molecule has 25 heavy (non-hydrogen) atoms. The number of amides is 1. The lowest BCUT2D eigenvalue weighted by molar-refractivity contribution is 0.102. The summed E-state index contributed by atoms with van der Waals surface area (Å²) in [5.41, 5.74) is 3.37. The maximum absolute atomic E-state index is 12.6. The first-order chi connectivity index (χ1) is 12.2. The number of carbonyl (C=O) groups is 1. The maximum atomic E-state index is 12.6. The van der Waals surface area contributed by atoms with Crippen LogP contribution in [0.5, 0.6) is 0 Å². The van der Waals surface area contributed by atoms with Gasteiger partial charge in [0.25, 0.3) is 5.91 Å². The van der Waals surface area contributed by atoms with Gasteiger partial charge in [-0.25, -0.2) is 4.98 Å². The van der Waals surface area contributed by atoms with E-state index in [1.54, 1.807) is 22.9 Å². The van der Waals surface area contributed by atoms with Gasteiger partial charge >= 0.3 is 0 Å². The number of anilines is 2. The van der Waals surface area contributed by atoms with Crippen LogP contribution >= 0.6 is 0 Å². The zero-order valence-electron chi connectivity index (χ0n) is 14.4. The van der Waals surface area contributed by atoms with E-state index in [2.05, 4.69) is 34.3 Å². The number of piperidine rings is 1. The van der Waals surface area contributed by atoms with Crippen molar-refractivity contribution in [1.82, 2.24) is 9.38 Å². The summed E-state index contributed by atoms with van der Waals surface area (Å²) in [5, 5.41) is 2.97. The van der Waals surface area contributed by atoms with Gasteiger partial charge in [-0.05, 0) is 55.2 Å². The summed E-state index contributed by atoms with van der Waals surface area (Å²) in [6.45, 7) is 4.53. The van der Waals surface area contributed by atoms with Crippen LogP contribution in [0.3, 0.4) is 0 Å². The molecule has 1 fully saturated rings. The quantitative estimate of drug-likeness (QED) is 0.792. The summed E-state index contributed by atoms with van der Waals surface area (Å²) in [7, 11) is 0. The van der Waals surface area contributed by atoms with Gasteiger partial charge in [-0.2, -0.15) is 0 Å². The second-order valence-electron chi connectivity index (χ2n) is 6.74. The van der Waals surface area contributed by atoms with E-state index < -0.39 is 0 Å². The zero-order valence-corrected chi connectivity index (χ0v) is 14.4. The van der Waals surface area contributed by atoms with Gasteiger partial charge < -0.3 is 10.2 Å². The summed E-state index contributed by atoms with van der Waals surface area (Å²) in [6, 6.07) is 13.6. The zero-order chi connectivity index (χ0) is 17.2. The second-order valence-corrected chi connectivity index (χ2v) is 6.74. The SMILES string of the molecule is CC1CCN(c2ccc(NC(=O)c3cccc4nccn34)cc2)CC1. The van der Waals surface area contributed by atoms with E-state index in [9.17, 15) is 4.79 Å². The minimum absolute atomic E-state index is 0.136. The Hall–Kier alpha value is -2.82. The van der Waals surface area contributed by atoms with Gasteiger partial charge in [0.05, 0.1) is 0 Å². The summed E-state index contributed by atoms with van der Waals surface area (Å²) in [4.78, 5) is 19.2. The van der Waals surface area contributed by atoms with Crippen LogP contribution in [0, 0.1) is 5.92 Å². The van der Waals surface area contributed by atoms with Crippen LogP contribution in [-0.4, -0.2) is 28.4 Å². The monoisotopic (exact) mass is 334 g/mol. The van der Waals surface area contributed by atoms with Crippen LogP contribution in [0.25, 0.3) is 5.65 Å². The van der Waals surface area contributed by atoms with Crippen LogP contribution in [-0.2, 0) is 0 Å². The molecule has 0 radical (unpaired) electrons. The molecule has 0 atom stereocenters. The Labute approximate surface area is 147 Å². The lowest BCUT2D eigenvalue weighted by atomic mass is 9.99. The summed E-state index contributed by atoms with van der Waals surface area (Å²) >= 11 is 0. The molecule has 0 spiro atoms. The van der Waals surface area contributed by atoms with E-state index in [1.807, 2.05) is 24.3 Å². The molecular formula is C20H22N4O. The first kappa shape index (κ1) is 15.7. The predicted octanol–water partition coefficient (Wildman–Crippen LogP) is 3.82. The van der Waals surface area contributed by atoms with Crippen molar-refractivity contribution in [3.05, 3.63) is 60.6 Å². The molecule has 5 heteroatoms. The highest BCUT2D eigenvalue weighted by Crippen LogP contribution is 2.24. The van der Waals surface area contributed by atoms with Gasteiger partial charge in [0.15, 0.2) is 0 Å². The Morgan fingerprint density at radius 2 is 1.88 bits per heavy atom. The lowest BCUT2D eigenvalue weighted by Gasteiger charge is -2.32. The number of carbonyl (C=O) groups excluding carboxylic acids is 1. The predicted molar refractivity (Wildman–Crippen MR) is 100 cm³/mol. The highest BCUT2D eigenvalue weighted by Gasteiger charge is 2.16. The van der Waals surface area contributed by atoms with Crippen molar-refractivity contribution in [2.75, 3.05) is 23.3 Å². The molecule has 0 aliphatic carbocycles. The number of hydrogen-bond donors (Lipinski definition) is 1. The summed E-state index contributed by atoms with van der Waals surface area (Å²) in [6.07, 6.45) is 5.98. The lowest BCUT2D eigenvalue weighted by Crippen LogP contribution is -2.32. The number of hydrogen-bond acceptors (Lipinski definition) is 3. The highest BCUT2D eigenvalue weighted by atomic mass is 16.1. The molecule has 1 aromatic carbocycles. The van der Waals surface area contributed by atoms with Crippen molar-refractivity contribution in [3.63, 3.8) is 0 Å². The normalized spacial score (nSPS) is 15.5. The molecule has 1 aliphatic rings. The maximum Gasteiger partial charge on any atom is 0.272 e. The average molecular weight is 334 g/mol. The Kier molecular flexibility index (Phi) is 4.14. The smallest absolute Gasteiger partial charge is 0.272 e. The molecular weight excluding hydrogens is 312 g/mol. The minimum atomic E-state index is -0.136. The van der Waals surface area contributed by atoms with E-state index in [0.717, 1.165) is 30.3 Å². The fourth-order valence-electron chi connectivity index (χ4n) is 3.35. The Bertz CT molecular complexity index is 876. The number of fused-ring (bicyclic) bond motifs is 1. The van der Waals surface area contributed by atoms with E-state index in [0.29, 0.717) is 5.69 Å². The number of nitrogens with zero attached hydrogens (tertiary/aromatic N) is 3. The topological polar surface area (TPSA) is 49.6 Å². The highest BCUT2D eigenvalue weighted by molar-refractivity contribution is 6.03. The molecule has 0 bridgehead atoms. The van der Waals surface area contributed by atoms with Crippen LogP contribution in [0.4, 0.5) is 11.4 Å². The largest absolute Gasteiger partial charge is 0.372 e. The third-order valence-electron chi connectivity index (χ3n) is 4.93. The van der Waals surface area contributed by atoms with Crippen molar-refractivity contribution in [1.29, 1.82) is 0 Å². The molecule has 3 heterocycles. The molecule has 1 N–H and O–H groups in total. The van der Waals surface area contributed by atoms with Crippen molar-refractivity contribution in [3.8, 4) is 0 Å². The molecule has 0 saturated carbocycles. The molecule has 4 rings (SSSR count). The van der Waals surface area contributed by atoms with E-state index in [1.165, 1.54) is 18.5 Å². The molecule has 128 valence electrons. The summed E-state index contributed by atoms with van der Waals surface area (Å²) < 4.78 is 1.79. The molecule has 3 aromatic rings. The molecule has 1 aliphatic heterocycles. The van der Waals surface area contributed by atoms with Crippen LogP contribution in [0.2, 0.25) is 0 Å². The van der Waals surface area contributed by atoms with Crippen LogP contribution in [0.1, 0.15) is 30.3 Å². The van der Waals surface area contributed by atoms with E-state index >= 15 is 0 Å². The molecule has 0 unspecified atom stereocenters. The number of nitrogens with one attached hydrogen (secondary N) is 1. The number of aromatic nitrogens is 2. The minimum Gasteiger partial charge on any atom is -0.372 e. The standard InChI is InChI=1S/C20H22N4O/c1-15-9-12-23(13-10-15)17-7-5-16(6-8-17)22-20(25)18-3-2-4-19-21-11-14-24(18)19/h2-8,11,14-15H,9-10,12-13H2,1H3,(H,22,25). The summed E-state index contributed by atoms with van der Waals surface area (Å²) in [5.74, 6) is 0.684. The molecule has 2 aromatic heterocycles. The van der Waals surface area contributed by atoms with Crippen molar-refractivity contribution >= 4 is 22.9 Å². The van der Waals surface area contributed by atoms with Gasteiger partial charge in [-0.1, -0.05) is 13.0 Å². The van der Waals surface area contributed by atoms with Gasteiger partial charge in [-0.15, -0.1) is 0 Å². The van der Waals surface area contributed by atoms with Crippen LogP contribution < -0.4 is 10.2 Å². The molecule has 5 nitrogen and oxygen atoms in total. The number of benzene rings is 1. The second kappa shape index (κ2) is 6.59. The number of rotatable bonds is 3. The fraction of sp³-hybridized carbons (Fsp3) is 0.300. The first-order valence-electron chi connectivity index (χ1n) is 8.79. The van der Waals surface area contributed by atoms with Crippen molar-refractivity contribution in [2.45, 2.75) is 19.8 Å². The first-order valence-corrected chi connectivity index (χ1v) is 8.79. The van der Waals surface area contributed by atoms with Gasteiger partial charge in [0, 0.05) is 36.9 Å². The Balaban J connectivity index is 1.47. The number of pyridine rings is 1. The van der Waals surface area contributed by atoms with E-state index in [4.69, 9.17) is 0 Å². The van der Waals surface area contributed by atoms with Gasteiger partial charge in [0.1, 0.15) is 11.3 Å². The van der Waals surface area contributed by atoms with Gasteiger partial charge in [0.2, 0.25) is 0 Å². The van der Waals surface area contributed by atoms with E-state index in [-0.39, 0.29) is 5.91 Å². The van der Waals surface area contributed by atoms with Crippen molar-refractivity contribution in [2.24, 2.45) is 5.92 Å². The van der Waals surface area contributed by atoms with Crippen molar-refractivity contribution < 1.29 is 4.79 Å².